The minimum Gasteiger partial charge on any atom is -0.452 e. The van der Waals surface area contributed by atoms with E-state index in [9.17, 15) is 0 Å². The molecule has 0 atom stereocenters. The number of hydrogen-bond donors (Lipinski definition) is 1. The largest absolute Gasteiger partial charge is 0.452 e. The molecule has 0 amide bonds. The predicted octanol–water partition coefficient (Wildman–Crippen LogP) is 2.99. The van der Waals surface area contributed by atoms with Gasteiger partial charge in [-0.15, -0.1) is 0 Å². The lowest BCUT2D eigenvalue weighted by Crippen LogP contribution is -2.57. The van der Waals surface area contributed by atoms with Crippen LogP contribution in [0, 0.1) is 0 Å². The number of halogens is 2. The van der Waals surface area contributed by atoms with Crippen LogP contribution in [-0.2, 0) is 6.54 Å². The third kappa shape index (κ3) is 2.70. The molecule has 0 radical (unpaired) electrons. The summed E-state index contributed by atoms with van der Waals surface area (Å²) in [4.78, 5) is 2.45. The van der Waals surface area contributed by atoms with Crippen LogP contribution in [0.4, 0.5) is 0 Å². The summed E-state index contributed by atoms with van der Waals surface area (Å²) in [7, 11) is 0. The molecule has 0 aliphatic carbocycles. The third-order valence-corrected chi connectivity index (χ3v) is 4.73. The smallest absolute Gasteiger partial charge is 0.183 e. The number of nitrogens with one attached hydrogen (secondary N) is 1. The van der Waals surface area contributed by atoms with Gasteiger partial charge in [0.25, 0.3) is 0 Å². The van der Waals surface area contributed by atoms with Gasteiger partial charge in [0.15, 0.2) is 4.67 Å². The highest BCUT2D eigenvalue weighted by molar-refractivity contribution is 9.13. The summed E-state index contributed by atoms with van der Waals surface area (Å²) in [6.07, 6.45) is 0. The van der Waals surface area contributed by atoms with Crippen molar-refractivity contribution in [3.8, 4) is 0 Å². The molecule has 1 aliphatic rings. The van der Waals surface area contributed by atoms with Gasteiger partial charge in [0.05, 0.1) is 11.0 Å². The summed E-state index contributed by atoms with van der Waals surface area (Å²) >= 11 is 6.80. The fraction of sp³-hybridized carbons (Fsp3) is 0.636. The van der Waals surface area contributed by atoms with Crippen LogP contribution in [0.1, 0.15) is 19.6 Å². The fourth-order valence-electron chi connectivity index (χ4n) is 1.97. The normalized spacial score (nSPS) is 21.2. The second-order valence-electron chi connectivity index (χ2n) is 4.75. The lowest BCUT2D eigenvalue weighted by atomic mass is 10.00. The average molecular weight is 352 g/mol. The molecule has 1 aliphatic heterocycles. The Morgan fingerprint density at radius 3 is 2.81 bits per heavy atom. The standard InChI is InChI=1S/C11H16Br2N2O/c1-11(2)7-14-3-4-15(11)6-8-5-9(12)10(13)16-8/h5,14H,3-4,6-7H2,1-2H3. The van der Waals surface area contributed by atoms with Crippen molar-refractivity contribution in [1.29, 1.82) is 0 Å². The van der Waals surface area contributed by atoms with E-state index < -0.39 is 0 Å². The lowest BCUT2D eigenvalue weighted by molar-refractivity contribution is 0.0750. The van der Waals surface area contributed by atoms with Gasteiger partial charge in [0.2, 0.25) is 0 Å². The molecule has 0 saturated carbocycles. The van der Waals surface area contributed by atoms with Crippen LogP contribution in [0.15, 0.2) is 19.6 Å². The van der Waals surface area contributed by atoms with Crippen LogP contribution in [0.5, 0.6) is 0 Å². The minimum absolute atomic E-state index is 0.185. The molecule has 1 aromatic heterocycles. The van der Waals surface area contributed by atoms with Gasteiger partial charge in [-0.3, -0.25) is 4.90 Å². The Kier molecular flexibility index (Phi) is 3.79. The quantitative estimate of drug-likeness (QED) is 0.887. The molecule has 0 unspecified atom stereocenters. The summed E-state index contributed by atoms with van der Waals surface area (Å²) in [5, 5.41) is 3.42. The first-order valence-electron chi connectivity index (χ1n) is 5.38. The fourth-order valence-corrected chi connectivity index (χ4v) is 2.63. The van der Waals surface area contributed by atoms with Crippen molar-refractivity contribution in [3.63, 3.8) is 0 Å². The summed E-state index contributed by atoms with van der Waals surface area (Å²) in [6.45, 7) is 8.50. The van der Waals surface area contributed by atoms with E-state index in [1.807, 2.05) is 6.07 Å². The Bertz CT molecular complexity index is 357. The van der Waals surface area contributed by atoms with Crippen LogP contribution < -0.4 is 5.32 Å². The Morgan fingerprint density at radius 1 is 1.50 bits per heavy atom. The van der Waals surface area contributed by atoms with Crippen LogP contribution in [0.2, 0.25) is 0 Å². The second kappa shape index (κ2) is 4.80. The molecular weight excluding hydrogens is 336 g/mol. The molecule has 1 fully saturated rings. The van der Waals surface area contributed by atoms with E-state index in [0.29, 0.717) is 0 Å². The zero-order chi connectivity index (χ0) is 11.8. The van der Waals surface area contributed by atoms with E-state index in [2.05, 4.69) is 55.9 Å². The summed E-state index contributed by atoms with van der Waals surface area (Å²) in [6, 6.07) is 2.03. The molecule has 0 aromatic carbocycles. The summed E-state index contributed by atoms with van der Waals surface area (Å²) in [5.74, 6) is 0.994. The molecule has 2 rings (SSSR count). The lowest BCUT2D eigenvalue weighted by Gasteiger charge is -2.42. The van der Waals surface area contributed by atoms with Gasteiger partial charge in [0, 0.05) is 25.2 Å². The number of rotatable bonds is 2. The minimum atomic E-state index is 0.185. The molecule has 1 saturated heterocycles. The van der Waals surface area contributed by atoms with Crippen molar-refractivity contribution in [2.45, 2.75) is 25.9 Å². The second-order valence-corrected chi connectivity index (χ2v) is 6.32. The topological polar surface area (TPSA) is 28.4 Å². The van der Waals surface area contributed by atoms with Crippen LogP contribution in [0.3, 0.4) is 0 Å². The van der Waals surface area contributed by atoms with Gasteiger partial charge in [-0.1, -0.05) is 0 Å². The van der Waals surface area contributed by atoms with E-state index in [0.717, 1.165) is 41.1 Å². The predicted molar refractivity (Wildman–Crippen MR) is 71.5 cm³/mol. The van der Waals surface area contributed by atoms with E-state index in [-0.39, 0.29) is 5.54 Å². The Hall–Kier alpha value is 0.160. The van der Waals surface area contributed by atoms with Crippen molar-refractivity contribution in [1.82, 2.24) is 10.2 Å². The van der Waals surface area contributed by atoms with Crippen molar-refractivity contribution >= 4 is 31.9 Å². The van der Waals surface area contributed by atoms with E-state index >= 15 is 0 Å². The molecule has 0 bridgehead atoms. The Balaban J connectivity index is 2.08. The molecule has 0 spiro atoms. The molecular formula is C11H16Br2N2O. The SMILES string of the molecule is CC1(C)CNCCN1Cc1cc(Br)c(Br)o1. The highest BCUT2D eigenvalue weighted by Crippen LogP contribution is 2.29. The van der Waals surface area contributed by atoms with Gasteiger partial charge in [-0.2, -0.15) is 0 Å². The maximum atomic E-state index is 5.62. The molecule has 16 heavy (non-hydrogen) atoms. The first-order valence-corrected chi connectivity index (χ1v) is 6.97. The number of hydrogen-bond acceptors (Lipinski definition) is 3. The molecule has 5 heteroatoms. The molecule has 2 heterocycles. The monoisotopic (exact) mass is 350 g/mol. The number of nitrogens with zero attached hydrogens (tertiary/aromatic N) is 1. The van der Waals surface area contributed by atoms with E-state index in [4.69, 9.17) is 4.42 Å². The first kappa shape index (κ1) is 12.6. The zero-order valence-corrected chi connectivity index (χ0v) is 12.7. The highest BCUT2D eigenvalue weighted by atomic mass is 79.9. The van der Waals surface area contributed by atoms with Gasteiger partial charge in [0.1, 0.15) is 5.76 Å². The van der Waals surface area contributed by atoms with Crippen LogP contribution in [0.25, 0.3) is 0 Å². The van der Waals surface area contributed by atoms with Crippen LogP contribution >= 0.6 is 31.9 Å². The molecule has 1 N–H and O–H groups in total. The van der Waals surface area contributed by atoms with Gasteiger partial charge >= 0.3 is 0 Å². The van der Waals surface area contributed by atoms with Crippen LogP contribution in [-0.4, -0.2) is 30.1 Å². The highest BCUT2D eigenvalue weighted by Gasteiger charge is 2.30. The van der Waals surface area contributed by atoms with Gasteiger partial charge in [-0.05, 0) is 51.8 Å². The van der Waals surface area contributed by atoms with Crippen molar-refractivity contribution in [2.75, 3.05) is 19.6 Å². The van der Waals surface area contributed by atoms with Gasteiger partial charge in [-0.25, -0.2) is 0 Å². The summed E-state index contributed by atoms with van der Waals surface area (Å²) < 4.78 is 7.37. The maximum absolute atomic E-state index is 5.62. The third-order valence-electron chi connectivity index (χ3n) is 3.02. The van der Waals surface area contributed by atoms with Crippen molar-refractivity contribution < 1.29 is 4.42 Å². The van der Waals surface area contributed by atoms with Gasteiger partial charge < -0.3 is 9.73 Å². The molecule has 1 aromatic rings. The zero-order valence-electron chi connectivity index (χ0n) is 9.52. The Morgan fingerprint density at radius 2 is 2.25 bits per heavy atom. The molecule has 3 nitrogen and oxygen atoms in total. The number of furan rings is 1. The van der Waals surface area contributed by atoms with Crippen molar-refractivity contribution in [2.24, 2.45) is 0 Å². The Labute approximate surface area is 113 Å². The average Bonchev–Trinajstić information content (AvgIpc) is 2.50. The summed E-state index contributed by atoms with van der Waals surface area (Å²) in [5.41, 5.74) is 0.185. The van der Waals surface area contributed by atoms with Crippen molar-refractivity contribution in [3.05, 3.63) is 21.0 Å². The van der Waals surface area contributed by atoms with E-state index in [1.54, 1.807) is 0 Å². The number of piperazine rings is 1. The maximum Gasteiger partial charge on any atom is 0.183 e. The molecule has 90 valence electrons. The van der Waals surface area contributed by atoms with E-state index in [1.165, 1.54) is 0 Å². The first-order chi connectivity index (χ1) is 7.49.